The molecular weight excluding hydrogens is 246 g/mol. The van der Waals surface area contributed by atoms with Crippen LogP contribution >= 0.6 is 0 Å². The Morgan fingerprint density at radius 3 is 2.89 bits per heavy atom. The largest absolute Gasteiger partial charge is 0.362 e. The molecule has 1 aromatic heterocycles. The molecule has 2 rings (SSSR count). The number of aromatic nitrogens is 2. The summed E-state index contributed by atoms with van der Waals surface area (Å²) in [5.74, 6) is 0.354. The molecule has 1 fully saturated rings. The summed E-state index contributed by atoms with van der Waals surface area (Å²) in [6.45, 7) is 1.54. The first-order chi connectivity index (χ1) is 9.08. The Morgan fingerprint density at radius 1 is 1.58 bits per heavy atom. The summed E-state index contributed by atoms with van der Waals surface area (Å²) in [7, 11) is 3.80. The molecule has 1 N–H and O–H groups in total. The van der Waals surface area contributed by atoms with Gasteiger partial charge in [0.25, 0.3) is 0 Å². The van der Waals surface area contributed by atoms with Gasteiger partial charge in [-0.05, 0) is 19.9 Å². The summed E-state index contributed by atoms with van der Waals surface area (Å²) in [6.07, 6.45) is 6.58. The first kappa shape index (κ1) is 13.8. The minimum atomic E-state index is -0.407. The fourth-order valence-corrected chi connectivity index (χ4v) is 2.61. The van der Waals surface area contributed by atoms with Gasteiger partial charge in [0, 0.05) is 26.2 Å². The minimum Gasteiger partial charge on any atom is -0.362 e. The van der Waals surface area contributed by atoms with Crippen molar-refractivity contribution in [2.75, 3.05) is 25.5 Å². The highest BCUT2D eigenvalue weighted by Gasteiger charge is 2.20. The molecule has 0 amide bonds. The molecule has 0 radical (unpaired) electrons. The van der Waals surface area contributed by atoms with Crippen LogP contribution in [0.4, 0.5) is 11.5 Å². The highest BCUT2D eigenvalue weighted by Crippen LogP contribution is 2.23. The molecule has 1 aliphatic rings. The molecule has 19 heavy (non-hydrogen) atoms. The van der Waals surface area contributed by atoms with E-state index in [1.54, 1.807) is 7.05 Å². The topological polar surface area (TPSA) is 76.2 Å². The first-order valence-electron chi connectivity index (χ1n) is 6.70. The SMILES string of the molecule is CN(CCNc1nn(C)cc1[N+](=O)[O-])C1CCCC1. The number of likely N-dealkylation sites (N-methyl/N-ethyl adjacent to an activating group) is 1. The Kier molecular flexibility index (Phi) is 4.36. The van der Waals surface area contributed by atoms with Gasteiger partial charge < -0.3 is 10.2 Å². The second-order valence-corrected chi connectivity index (χ2v) is 5.14. The predicted molar refractivity (Wildman–Crippen MR) is 73.2 cm³/mol. The number of hydrogen-bond acceptors (Lipinski definition) is 5. The summed E-state index contributed by atoms with van der Waals surface area (Å²) in [5.41, 5.74) is 0.0334. The monoisotopic (exact) mass is 267 g/mol. The van der Waals surface area contributed by atoms with Crippen molar-refractivity contribution in [3.05, 3.63) is 16.3 Å². The number of anilines is 1. The lowest BCUT2D eigenvalue weighted by Gasteiger charge is -2.23. The van der Waals surface area contributed by atoms with Crippen molar-refractivity contribution in [1.29, 1.82) is 0 Å². The van der Waals surface area contributed by atoms with Crippen LogP contribution < -0.4 is 5.32 Å². The molecule has 7 nitrogen and oxygen atoms in total. The molecule has 1 heterocycles. The van der Waals surface area contributed by atoms with E-state index < -0.39 is 4.92 Å². The fraction of sp³-hybridized carbons (Fsp3) is 0.750. The lowest BCUT2D eigenvalue weighted by molar-refractivity contribution is -0.384. The average Bonchev–Trinajstić information content (AvgIpc) is 2.98. The highest BCUT2D eigenvalue weighted by atomic mass is 16.6. The third-order valence-corrected chi connectivity index (χ3v) is 3.71. The van der Waals surface area contributed by atoms with Gasteiger partial charge in [0.1, 0.15) is 6.20 Å². The Bertz CT molecular complexity index is 439. The zero-order valence-corrected chi connectivity index (χ0v) is 11.5. The first-order valence-corrected chi connectivity index (χ1v) is 6.70. The van der Waals surface area contributed by atoms with Crippen molar-refractivity contribution >= 4 is 11.5 Å². The van der Waals surface area contributed by atoms with Gasteiger partial charge in [-0.25, -0.2) is 0 Å². The molecule has 1 aliphatic carbocycles. The van der Waals surface area contributed by atoms with Crippen LogP contribution in [0, 0.1) is 10.1 Å². The van der Waals surface area contributed by atoms with Gasteiger partial charge in [0.15, 0.2) is 0 Å². The lowest BCUT2D eigenvalue weighted by atomic mass is 10.2. The smallest absolute Gasteiger partial charge is 0.330 e. The molecule has 0 aromatic carbocycles. The molecule has 0 unspecified atom stereocenters. The number of hydrogen-bond donors (Lipinski definition) is 1. The summed E-state index contributed by atoms with van der Waals surface area (Å²) in [4.78, 5) is 12.8. The van der Waals surface area contributed by atoms with Crippen LogP contribution in [0.25, 0.3) is 0 Å². The molecule has 106 valence electrons. The lowest BCUT2D eigenvalue weighted by Crippen LogP contribution is -2.33. The molecule has 0 aliphatic heterocycles. The van der Waals surface area contributed by atoms with E-state index in [0.29, 0.717) is 18.4 Å². The van der Waals surface area contributed by atoms with Crippen LogP contribution in [0.1, 0.15) is 25.7 Å². The zero-order valence-electron chi connectivity index (χ0n) is 11.5. The average molecular weight is 267 g/mol. The maximum atomic E-state index is 10.8. The van der Waals surface area contributed by atoms with E-state index in [9.17, 15) is 10.1 Å². The number of nitrogens with one attached hydrogen (secondary N) is 1. The van der Waals surface area contributed by atoms with E-state index in [0.717, 1.165) is 6.54 Å². The van der Waals surface area contributed by atoms with Gasteiger partial charge in [-0.15, -0.1) is 5.10 Å². The van der Waals surface area contributed by atoms with Gasteiger partial charge in [-0.2, -0.15) is 0 Å². The number of aryl methyl sites for hydroxylation is 1. The van der Waals surface area contributed by atoms with Gasteiger partial charge in [-0.3, -0.25) is 14.8 Å². The van der Waals surface area contributed by atoms with Crippen LogP contribution in [0.2, 0.25) is 0 Å². The van der Waals surface area contributed by atoms with Crippen LogP contribution in [0.5, 0.6) is 0 Å². The minimum absolute atomic E-state index is 0.0334. The molecule has 0 bridgehead atoms. The van der Waals surface area contributed by atoms with Crippen molar-refractivity contribution in [3.8, 4) is 0 Å². The van der Waals surface area contributed by atoms with Gasteiger partial charge in [0.05, 0.1) is 4.92 Å². The number of nitro groups is 1. The maximum Gasteiger partial charge on any atom is 0.330 e. The zero-order chi connectivity index (χ0) is 13.8. The van der Waals surface area contributed by atoms with Crippen molar-refractivity contribution in [2.24, 2.45) is 7.05 Å². The van der Waals surface area contributed by atoms with E-state index >= 15 is 0 Å². The number of rotatable bonds is 6. The number of nitrogens with zero attached hydrogens (tertiary/aromatic N) is 4. The van der Waals surface area contributed by atoms with E-state index in [1.165, 1.54) is 36.6 Å². The van der Waals surface area contributed by atoms with E-state index in [1.807, 2.05) is 0 Å². The Morgan fingerprint density at radius 2 is 2.26 bits per heavy atom. The third-order valence-electron chi connectivity index (χ3n) is 3.71. The summed E-state index contributed by atoms with van der Waals surface area (Å²) < 4.78 is 1.46. The second kappa shape index (κ2) is 6.01. The Labute approximate surface area is 112 Å². The van der Waals surface area contributed by atoms with Crippen LogP contribution in [0.15, 0.2) is 6.20 Å². The summed E-state index contributed by atoms with van der Waals surface area (Å²) in [6, 6.07) is 0.667. The summed E-state index contributed by atoms with van der Waals surface area (Å²) in [5, 5.41) is 18.0. The van der Waals surface area contributed by atoms with Crippen LogP contribution in [0.3, 0.4) is 0 Å². The standard InChI is InChI=1S/C12H21N5O2/c1-15(10-5-3-4-6-10)8-7-13-12-11(17(18)19)9-16(2)14-12/h9-10H,3-8H2,1-2H3,(H,13,14). The quantitative estimate of drug-likeness (QED) is 0.626. The predicted octanol–water partition coefficient (Wildman–Crippen LogP) is 1.61. The van der Waals surface area contributed by atoms with E-state index in [2.05, 4.69) is 22.4 Å². The van der Waals surface area contributed by atoms with Crippen LogP contribution in [-0.2, 0) is 7.05 Å². The molecule has 0 saturated heterocycles. The van der Waals surface area contributed by atoms with E-state index in [-0.39, 0.29) is 5.69 Å². The fourth-order valence-electron chi connectivity index (χ4n) is 2.61. The molecule has 0 spiro atoms. The Hall–Kier alpha value is -1.63. The Balaban J connectivity index is 1.83. The molecule has 1 saturated carbocycles. The third kappa shape index (κ3) is 3.44. The van der Waals surface area contributed by atoms with Crippen molar-refractivity contribution in [1.82, 2.24) is 14.7 Å². The van der Waals surface area contributed by atoms with E-state index in [4.69, 9.17) is 0 Å². The molecule has 1 aromatic rings. The molecular formula is C12H21N5O2. The van der Waals surface area contributed by atoms with Gasteiger partial charge in [0.2, 0.25) is 5.82 Å². The molecule has 0 atom stereocenters. The highest BCUT2D eigenvalue weighted by molar-refractivity contribution is 5.54. The second-order valence-electron chi connectivity index (χ2n) is 5.14. The van der Waals surface area contributed by atoms with Crippen molar-refractivity contribution < 1.29 is 4.92 Å². The normalized spacial score (nSPS) is 16.2. The van der Waals surface area contributed by atoms with Crippen molar-refractivity contribution in [3.63, 3.8) is 0 Å². The van der Waals surface area contributed by atoms with Crippen LogP contribution in [-0.4, -0.2) is 45.8 Å². The van der Waals surface area contributed by atoms with Gasteiger partial charge >= 0.3 is 5.69 Å². The van der Waals surface area contributed by atoms with Gasteiger partial charge in [-0.1, -0.05) is 12.8 Å². The maximum absolute atomic E-state index is 10.8. The summed E-state index contributed by atoms with van der Waals surface area (Å²) >= 11 is 0. The van der Waals surface area contributed by atoms with Crippen molar-refractivity contribution in [2.45, 2.75) is 31.7 Å². The molecule has 7 heteroatoms.